The molecule has 1 aromatic rings. The largest absolute Gasteiger partial charge is 0.351 e. The van der Waals surface area contributed by atoms with Gasteiger partial charge in [0.05, 0.1) is 0 Å². The Kier molecular flexibility index (Phi) is 4.23. The van der Waals surface area contributed by atoms with Gasteiger partial charge in [-0.25, -0.2) is 0 Å². The number of nitrogens with zero attached hydrogens (tertiary/aromatic N) is 2. The van der Waals surface area contributed by atoms with Crippen LogP contribution < -0.4 is 10.9 Å². The van der Waals surface area contributed by atoms with Crippen molar-refractivity contribution in [3.05, 3.63) is 46.4 Å². The number of hydrogen-bond acceptors (Lipinski definition) is 3. The summed E-state index contributed by atoms with van der Waals surface area (Å²) in [6.45, 7) is 5.41. The molecule has 1 amide bonds. The summed E-state index contributed by atoms with van der Waals surface area (Å²) in [6, 6.07) is 3.48. The molecule has 0 saturated heterocycles. The van der Waals surface area contributed by atoms with E-state index in [0.717, 1.165) is 0 Å². The van der Waals surface area contributed by atoms with Gasteiger partial charge in [0.1, 0.15) is 18.2 Å². The van der Waals surface area contributed by atoms with Gasteiger partial charge in [0.15, 0.2) is 0 Å². The number of hydrogen-bond donors (Lipinski definition) is 1. The lowest BCUT2D eigenvalue weighted by Gasteiger charge is -2.07. The van der Waals surface area contributed by atoms with Crippen LogP contribution in [0, 0.1) is 18.3 Å². The van der Waals surface area contributed by atoms with Crippen molar-refractivity contribution >= 4 is 5.91 Å². The van der Waals surface area contributed by atoms with Crippen molar-refractivity contribution < 1.29 is 4.79 Å². The number of nitrogens with one attached hydrogen (secondary N) is 1. The van der Waals surface area contributed by atoms with Crippen LogP contribution in [0.4, 0.5) is 0 Å². The van der Waals surface area contributed by atoms with Crippen molar-refractivity contribution in [1.82, 2.24) is 9.88 Å². The molecule has 1 heterocycles. The van der Waals surface area contributed by atoms with Crippen LogP contribution in [0.15, 0.2) is 29.7 Å². The Bertz CT molecular complexity index is 538. The second-order valence-corrected chi connectivity index (χ2v) is 3.51. The molecule has 1 aromatic heterocycles. The molecule has 0 saturated carbocycles. The van der Waals surface area contributed by atoms with Crippen LogP contribution in [-0.4, -0.2) is 17.0 Å². The van der Waals surface area contributed by atoms with Crippen molar-refractivity contribution in [2.75, 3.05) is 6.54 Å². The fourth-order valence-electron chi connectivity index (χ4n) is 1.32. The predicted octanol–water partition coefficient (Wildman–Crippen LogP) is 0.331. The smallest absolute Gasteiger partial charge is 0.269 e. The first-order chi connectivity index (χ1) is 8.10. The molecule has 0 spiro atoms. The Morgan fingerprint density at radius 1 is 1.71 bits per heavy atom. The highest BCUT2D eigenvalue weighted by Gasteiger charge is 2.08. The molecule has 0 aliphatic heterocycles. The third-order valence-corrected chi connectivity index (χ3v) is 2.24. The van der Waals surface area contributed by atoms with Gasteiger partial charge in [-0.2, -0.15) is 5.26 Å². The van der Waals surface area contributed by atoms with Gasteiger partial charge in [-0.05, 0) is 18.6 Å². The highest BCUT2D eigenvalue weighted by molar-refractivity contribution is 5.75. The van der Waals surface area contributed by atoms with Crippen LogP contribution in [0.5, 0.6) is 0 Å². The van der Waals surface area contributed by atoms with E-state index in [0.29, 0.717) is 12.1 Å². The molecule has 0 fully saturated rings. The molecule has 5 heteroatoms. The summed E-state index contributed by atoms with van der Waals surface area (Å²) in [6.07, 6.45) is 3.06. The normalized spacial score (nSPS) is 9.41. The fraction of sp³-hybridized carbons (Fsp3) is 0.250. The van der Waals surface area contributed by atoms with Gasteiger partial charge in [0, 0.05) is 12.7 Å². The summed E-state index contributed by atoms with van der Waals surface area (Å²) in [4.78, 5) is 23.2. The van der Waals surface area contributed by atoms with Gasteiger partial charge in [0.2, 0.25) is 5.91 Å². The van der Waals surface area contributed by atoms with Crippen LogP contribution >= 0.6 is 0 Å². The molecule has 0 radical (unpaired) electrons. The number of amides is 1. The summed E-state index contributed by atoms with van der Waals surface area (Å²) in [5, 5.41) is 11.4. The summed E-state index contributed by atoms with van der Waals surface area (Å²) in [5.74, 6) is -0.292. The molecule has 1 N–H and O–H groups in total. The maximum Gasteiger partial charge on any atom is 0.269 e. The van der Waals surface area contributed by atoms with Crippen molar-refractivity contribution in [2.45, 2.75) is 13.5 Å². The molecule has 0 aromatic carbocycles. The van der Waals surface area contributed by atoms with Gasteiger partial charge < -0.3 is 9.88 Å². The Labute approximate surface area is 99.0 Å². The van der Waals surface area contributed by atoms with Gasteiger partial charge >= 0.3 is 0 Å². The Morgan fingerprint density at radius 2 is 2.41 bits per heavy atom. The Morgan fingerprint density at radius 3 is 3.00 bits per heavy atom. The summed E-state index contributed by atoms with van der Waals surface area (Å²) in [5.41, 5.74) is 0.241. The maximum atomic E-state index is 11.8. The first kappa shape index (κ1) is 12.7. The zero-order valence-corrected chi connectivity index (χ0v) is 9.56. The quantitative estimate of drug-likeness (QED) is 0.759. The second kappa shape index (κ2) is 5.66. The zero-order valence-electron chi connectivity index (χ0n) is 9.56. The zero-order chi connectivity index (χ0) is 12.8. The van der Waals surface area contributed by atoms with Crippen molar-refractivity contribution in [3.8, 4) is 6.07 Å². The molecule has 1 rings (SSSR count). The lowest BCUT2D eigenvalue weighted by Crippen LogP contribution is -2.33. The third kappa shape index (κ3) is 3.05. The topological polar surface area (TPSA) is 74.9 Å². The Balaban J connectivity index is 2.94. The first-order valence-corrected chi connectivity index (χ1v) is 5.08. The highest BCUT2D eigenvalue weighted by atomic mass is 16.2. The minimum atomic E-state index is -0.443. The van der Waals surface area contributed by atoms with E-state index in [-0.39, 0.29) is 18.0 Å². The van der Waals surface area contributed by atoms with E-state index in [4.69, 9.17) is 5.26 Å². The molecule has 0 aliphatic carbocycles. The van der Waals surface area contributed by atoms with Crippen molar-refractivity contribution in [2.24, 2.45) is 0 Å². The van der Waals surface area contributed by atoms with E-state index in [1.165, 1.54) is 10.8 Å². The number of aromatic nitrogens is 1. The van der Waals surface area contributed by atoms with E-state index in [9.17, 15) is 9.59 Å². The number of aryl methyl sites for hydroxylation is 1. The van der Waals surface area contributed by atoms with Crippen LogP contribution in [0.3, 0.4) is 0 Å². The van der Waals surface area contributed by atoms with Gasteiger partial charge in [-0.1, -0.05) is 6.08 Å². The van der Waals surface area contributed by atoms with E-state index in [2.05, 4.69) is 11.9 Å². The fourth-order valence-corrected chi connectivity index (χ4v) is 1.32. The summed E-state index contributed by atoms with van der Waals surface area (Å²) >= 11 is 0. The SMILES string of the molecule is C=CCNC(=O)Cn1ccc(C)c(C#N)c1=O. The summed E-state index contributed by atoms with van der Waals surface area (Å²) < 4.78 is 1.21. The van der Waals surface area contributed by atoms with Gasteiger partial charge in [-0.3, -0.25) is 9.59 Å². The molecular weight excluding hydrogens is 218 g/mol. The average molecular weight is 231 g/mol. The number of carbonyl (C=O) groups is 1. The molecule has 88 valence electrons. The van der Waals surface area contributed by atoms with Crippen LogP contribution in [0.1, 0.15) is 11.1 Å². The predicted molar refractivity (Wildman–Crippen MR) is 63.4 cm³/mol. The molecule has 0 unspecified atom stereocenters. The van der Waals surface area contributed by atoms with Gasteiger partial charge in [0.25, 0.3) is 5.56 Å². The number of rotatable bonds is 4. The minimum Gasteiger partial charge on any atom is -0.351 e. The lowest BCUT2D eigenvalue weighted by molar-refractivity contribution is -0.121. The lowest BCUT2D eigenvalue weighted by atomic mass is 10.2. The van der Waals surface area contributed by atoms with Crippen LogP contribution in [0.2, 0.25) is 0 Å². The van der Waals surface area contributed by atoms with E-state index < -0.39 is 5.56 Å². The monoisotopic (exact) mass is 231 g/mol. The molecule has 17 heavy (non-hydrogen) atoms. The Hall–Kier alpha value is -2.35. The van der Waals surface area contributed by atoms with E-state index in [1.807, 2.05) is 6.07 Å². The second-order valence-electron chi connectivity index (χ2n) is 3.51. The van der Waals surface area contributed by atoms with Crippen molar-refractivity contribution in [3.63, 3.8) is 0 Å². The highest BCUT2D eigenvalue weighted by Crippen LogP contribution is 1.99. The van der Waals surface area contributed by atoms with E-state index >= 15 is 0 Å². The number of nitriles is 1. The first-order valence-electron chi connectivity index (χ1n) is 5.08. The third-order valence-electron chi connectivity index (χ3n) is 2.24. The molecule has 5 nitrogen and oxygen atoms in total. The standard InChI is InChI=1S/C12H13N3O2/c1-3-5-14-11(16)8-15-6-4-9(2)10(7-13)12(15)17/h3-4,6H,1,5,8H2,2H3,(H,14,16). The maximum absolute atomic E-state index is 11.8. The molecule has 0 aliphatic rings. The summed E-state index contributed by atoms with van der Waals surface area (Å²) in [7, 11) is 0. The van der Waals surface area contributed by atoms with E-state index in [1.54, 1.807) is 19.1 Å². The van der Waals surface area contributed by atoms with Crippen LogP contribution in [-0.2, 0) is 11.3 Å². The molecular formula is C12H13N3O2. The average Bonchev–Trinajstić information content (AvgIpc) is 2.31. The van der Waals surface area contributed by atoms with Gasteiger partial charge in [-0.15, -0.1) is 6.58 Å². The molecule has 0 atom stereocenters. The minimum absolute atomic E-state index is 0.0732. The number of carbonyl (C=O) groups excluding carboxylic acids is 1. The molecule has 0 bridgehead atoms. The van der Waals surface area contributed by atoms with Crippen LogP contribution in [0.25, 0.3) is 0 Å². The number of pyridine rings is 1. The van der Waals surface area contributed by atoms with Crippen molar-refractivity contribution in [1.29, 1.82) is 5.26 Å².